The summed E-state index contributed by atoms with van der Waals surface area (Å²) in [6.45, 7) is 1.65. The van der Waals surface area contributed by atoms with Crippen molar-refractivity contribution in [2.45, 2.75) is 6.54 Å². The van der Waals surface area contributed by atoms with Gasteiger partial charge in [-0.05, 0) is 29.9 Å². The molecule has 0 bridgehead atoms. The van der Waals surface area contributed by atoms with E-state index in [0.29, 0.717) is 29.9 Å². The van der Waals surface area contributed by atoms with E-state index in [9.17, 15) is 0 Å². The Balaban J connectivity index is 2.13. The van der Waals surface area contributed by atoms with Crippen LogP contribution in [0.5, 0.6) is 0 Å². The van der Waals surface area contributed by atoms with Crippen LogP contribution in [-0.2, 0) is 11.3 Å². The van der Waals surface area contributed by atoms with Crippen molar-refractivity contribution < 1.29 is 4.74 Å². The lowest BCUT2D eigenvalue weighted by Gasteiger charge is -2.23. The molecule has 0 aliphatic carbocycles. The zero-order valence-electron chi connectivity index (χ0n) is 10.4. The molecule has 0 spiro atoms. The fraction of sp³-hybridized carbons (Fsp3) is 0.231. The second-order valence-electron chi connectivity index (χ2n) is 4.11. The number of hydrogen-bond donors (Lipinski definition) is 0. The van der Waals surface area contributed by atoms with Crippen molar-refractivity contribution in [2.75, 3.05) is 13.2 Å². The Morgan fingerprint density at radius 1 is 1.45 bits per heavy atom. The molecule has 0 atom stereocenters. The zero-order chi connectivity index (χ0) is 14.5. The van der Waals surface area contributed by atoms with Crippen molar-refractivity contribution in [1.29, 1.82) is 0 Å². The van der Waals surface area contributed by atoms with E-state index in [4.69, 9.17) is 51.8 Å². The number of ether oxygens (including phenoxy) is 1. The van der Waals surface area contributed by atoms with Gasteiger partial charge in [0.2, 0.25) is 0 Å². The van der Waals surface area contributed by atoms with E-state index in [1.807, 2.05) is 12.1 Å². The molecule has 1 aromatic rings. The second-order valence-corrected chi connectivity index (χ2v) is 5.90. The molecule has 20 heavy (non-hydrogen) atoms. The zero-order valence-corrected chi connectivity index (χ0v) is 13.4. The van der Waals surface area contributed by atoms with Gasteiger partial charge < -0.3 is 9.64 Å². The lowest BCUT2D eigenvalue weighted by Crippen LogP contribution is -2.24. The standard InChI is InChI=1S/C13H11Cl3N2OS/c14-11(15)3-4-18(10-5-13(20)19-8-10)7-9-1-2-12(16)17-6-9/h1-3,5-6H,4,7-8H2. The Labute approximate surface area is 137 Å². The van der Waals surface area contributed by atoms with Crippen LogP contribution in [0.4, 0.5) is 0 Å². The Hall–Kier alpha value is -0.810. The SMILES string of the molecule is S=C1C=C(N(CC=C(Cl)Cl)Cc2ccc(Cl)nc2)CO1. The van der Waals surface area contributed by atoms with Gasteiger partial charge in [-0.15, -0.1) is 0 Å². The Morgan fingerprint density at radius 3 is 2.80 bits per heavy atom. The highest BCUT2D eigenvalue weighted by Crippen LogP contribution is 2.18. The normalized spacial score (nSPS) is 13.8. The minimum absolute atomic E-state index is 0.228. The summed E-state index contributed by atoms with van der Waals surface area (Å²) in [5.74, 6) is 0. The van der Waals surface area contributed by atoms with Crippen LogP contribution in [0.15, 0.2) is 40.7 Å². The monoisotopic (exact) mass is 348 g/mol. The lowest BCUT2D eigenvalue weighted by atomic mass is 10.2. The van der Waals surface area contributed by atoms with Gasteiger partial charge in [0, 0.05) is 25.4 Å². The van der Waals surface area contributed by atoms with Gasteiger partial charge >= 0.3 is 0 Å². The summed E-state index contributed by atoms with van der Waals surface area (Å²) in [4.78, 5) is 6.13. The molecule has 0 N–H and O–H groups in total. The molecule has 2 rings (SSSR count). The van der Waals surface area contributed by atoms with Crippen molar-refractivity contribution in [3.05, 3.63) is 51.4 Å². The summed E-state index contributed by atoms with van der Waals surface area (Å²) >= 11 is 22.1. The molecule has 1 aromatic heterocycles. The third-order valence-corrected chi connectivity index (χ3v) is 3.45. The average molecular weight is 350 g/mol. The van der Waals surface area contributed by atoms with E-state index in [1.54, 1.807) is 18.3 Å². The Kier molecular flexibility index (Phi) is 5.66. The van der Waals surface area contributed by atoms with Crippen molar-refractivity contribution in [1.82, 2.24) is 9.88 Å². The first-order valence-corrected chi connectivity index (χ1v) is 7.32. The van der Waals surface area contributed by atoms with Gasteiger partial charge in [-0.2, -0.15) is 0 Å². The predicted molar refractivity (Wildman–Crippen MR) is 86.1 cm³/mol. The molecule has 7 heteroatoms. The number of aromatic nitrogens is 1. The maximum absolute atomic E-state index is 5.78. The average Bonchev–Trinajstić information content (AvgIpc) is 2.83. The quantitative estimate of drug-likeness (QED) is 0.590. The molecular weight excluding hydrogens is 339 g/mol. The van der Waals surface area contributed by atoms with Gasteiger partial charge in [0.05, 0.1) is 5.70 Å². The van der Waals surface area contributed by atoms with Gasteiger partial charge in [0.15, 0.2) is 5.05 Å². The summed E-state index contributed by atoms with van der Waals surface area (Å²) in [6.07, 6.45) is 5.28. The summed E-state index contributed by atoms with van der Waals surface area (Å²) in [5, 5.41) is 0.953. The number of rotatable bonds is 5. The fourth-order valence-electron chi connectivity index (χ4n) is 1.73. The topological polar surface area (TPSA) is 25.4 Å². The van der Waals surface area contributed by atoms with Crippen LogP contribution in [0, 0.1) is 0 Å². The first-order chi connectivity index (χ1) is 9.54. The highest BCUT2D eigenvalue weighted by Gasteiger charge is 2.17. The molecule has 1 aliphatic heterocycles. The second kappa shape index (κ2) is 7.27. The van der Waals surface area contributed by atoms with Crippen LogP contribution in [0.3, 0.4) is 0 Å². The van der Waals surface area contributed by atoms with Crippen LogP contribution in [0.2, 0.25) is 5.15 Å². The largest absolute Gasteiger partial charge is 0.477 e. The molecule has 0 saturated carbocycles. The lowest BCUT2D eigenvalue weighted by molar-refractivity contribution is 0.290. The molecule has 0 saturated heterocycles. The van der Waals surface area contributed by atoms with E-state index >= 15 is 0 Å². The molecule has 106 valence electrons. The maximum Gasteiger partial charge on any atom is 0.186 e. The minimum atomic E-state index is 0.228. The highest BCUT2D eigenvalue weighted by molar-refractivity contribution is 7.80. The van der Waals surface area contributed by atoms with E-state index in [0.717, 1.165) is 11.3 Å². The smallest absolute Gasteiger partial charge is 0.186 e. The number of pyridine rings is 1. The van der Waals surface area contributed by atoms with E-state index < -0.39 is 0 Å². The highest BCUT2D eigenvalue weighted by atomic mass is 35.5. The van der Waals surface area contributed by atoms with Crippen LogP contribution >= 0.6 is 47.0 Å². The molecule has 2 heterocycles. The Morgan fingerprint density at radius 2 is 2.25 bits per heavy atom. The maximum atomic E-state index is 5.78. The summed E-state index contributed by atoms with van der Waals surface area (Å²) < 4.78 is 5.51. The van der Waals surface area contributed by atoms with Crippen molar-refractivity contribution in [3.63, 3.8) is 0 Å². The summed E-state index contributed by atoms with van der Waals surface area (Å²) in [5.41, 5.74) is 2.00. The van der Waals surface area contributed by atoms with Gasteiger partial charge in [0.25, 0.3) is 0 Å². The molecule has 0 aromatic carbocycles. The van der Waals surface area contributed by atoms with Gasteiger partial charge in [0.1, 0.15) is 16.3 Å². The van der Waals surface area contributed by atoms with Crippen molar-refractivity contribution >= 4 is 52.1 Å². The summed E-state index contributed by atoms with van der Waals surface area (Å²) in [6, 6.07) is 3.67. The fourth-order valence-corrected chi connectivity index (χ4v) is 2.17. The first-order valence-electron chi connectivity index (χ1n) is 5.78. The first kappa shape index (κ1) is 15.6. The number of thiocarbonyl (C=S) groups is 1. The van der Waals surface area contributed by atoms with E-state index in [-0.39, 0.29) is 4.49 Å². The van der Waals surface area contributed by atoms with Crippen molar-refractivity contribution in [2.24, 2.45) is 0 Å². The minimum Gasteiger partial charge on any atom is -0.477 e. The molecule has 0 unspecified atom stereocenters. The number of hydrogen-bond acceptors (Lipinski definition) is 4. The molecule has 3 nitrogen and oxygen atoms in total. The third kappa shape index (κ3) is 4.63. The van der Waals surface area contributed by atoms with Crippen LogP contribution in [-0.4, -0.2) is 28.1 Å². The van der Waals surface area contributed by atoms with E-state index in [1.165, 1.54) is 0 Å². The van der Waals surface area contributed by atoms with Crippen molar-refractivity contribution in [3.8, 4) is 0 Å². The summed E-state index contributed by atoms with van der Waals surface area (Å²) in [7, 11) is 0. The van der Waals surface area contributed by atoms with E-state index in [2.05, 4.69) is 9.88 Å². The predicted octanol–water partition coefficient (Wildman–Crippen LogP) is 4.10. The van der Waals surface area contributed by atoms with Gasteiger partial charge in [-0.1, -0.05) is 40.9 Å². The molecule has 0 amide bonds. The molecule has 0 fully saturated rings. The van der Waals surface area contributed by atoms with Gasteiger partial charge in [-0.3, -0.25) is 0 Å². The number of nitrogens with zero attached hydrogens (tertiary/aromatic N) is 2. The van der Waals surface area contributed by atoms with Gasteiger partial charge in [-0.25, -0.2) is 4.98 Å². The van der Waals surface area contributed by atoms with Crippen LogP contribution in [0.25, 0.3) is 0 Å². The third-order valence-electron chi connectivity index (χ3n) is 2.68. The van der Waals surface area contributed by atoms with Crippen LogP contribution < -0.4 is 0 Å². The molecule has 1 aliphatic rings. The molecule has 0 radical (unpaired) electrons. The molecular formula is C13H11Cl3N2OS. The Bertz CT molecular complexity index is 553. The number of halogens is 3. The van der Waals surface area contributed by atoms with Crippen LogP contribution in [0.1, 0.15) is 5.56 Å².